The lowest BCUT2D eigenvalue weighted by molar-refractivity contribution is -0.136. The number of nitrogens with zero attached hydrogens (tertiary/aromatic N) is 3. The fourth-order valence-electron chi connectivity index (χ4n) is 3.22. The van der Waals surface area contributed by atoms with Crippen LogP contribution in [-0.2, 0) is 4.79 Å². The smallest absolute Gasteiger partial charge is 0.317 e. The van der Waals surface area contributed by atoms with Gasteiger partial charge in [0, 0.05) is 38.8 Å². The highest BCUT2D eigenvalue weighted by molar-refractivity contribution is 5.75. The van der Waals surface area contributed by atoms with Crippen LogP contribution >= 0.6 is 0 Å². The van der Waals surface area contributed by atoms with E-state index in [1.54, 1.807) is 11.1 Å². The molecule has 2 aliphatic heterocycles. The van der Waals surface area contributed by atoms with Crippen molar-refractivity contribution in [3.8, 4) is 5.75 Å². The summed E-state index contributed by atoms with van der Waals surface area (Å²) in [6.07, 6.45) is 4.72. The third-order valence-electron chi connectivity index (χ3n) is 4.50. The van der Waals surface area contributed by atoms with E-state index in [0.29, 0.717) is 13.1 Å². The SMILES string of the molecule is O=C(O)CCNC(=O)N1CCC(Oc2cccnc2N2CCCC2)C1. The highest BCUT2D eigenvalue weighted by Crippen LogP contribution is 2.30. The number of aliphatic carboxylic acids is 1. The number of rotatable bonds is 6. The molecule has 136 valence electrons. The second-order valence-electron chi connectivity index (χ2n) is 6.37. The van der Waals surface area contributed by atoms with Gasteiger partial charge in [-0.15, -0.1) is 0 Å². The summed E-state index contributed by atoms with van der Waals surface area (Å²) in [5.41, 5.74) is 0. The van der Waals surface area contributed by atoms with E-state index in [-0.39, 0.29) is 25.1 Å². The first-order chi connectivity index (χ1) is 12.1. The van der Waals surface area contributed by atoms with Crippen LogP contribution in [-0.4, -0.2) is 65.8 Å². The van der Waals surface area contributed by atoms with E-state index in [2.05, 4.69) is 15.2 Å². The number of carbonyl (C=O) groups is 2. The van der Waals surface area contributed by atoms with Gasteiger partial charge in [0.15, 0.2) is 11.6 Å². The Morgan fingerprint density at radius 2 is 2.12 bits per heavy atom. The predicted molar refractivity (Wildman–Crippen MR) is 91.9 cm³/mol. The first kappa shape index (κ1) is 17.3. The minimum atomic E-state index is -0.922. The molecular formula is C17H24N4O4. The Morgan fingerprint density at radius 3 is 2.88 bits per heavy atom. The van der Waals surface area contributed by atoms with E-state index < -0.39 is 5.97 Å². The topological polar surface area (TPSA) is 95.0 Å². The van der Waals surface area contributed by atoms with Crippen LogP contribution < -0.4 is 15.0 Å². The maximum atomic E-state index is 12.0. The number of hydrogen-bond acceptors (Lipinski definition) is 5. The number of anilines is 1. The van der Waals surface area contributed by atoms with Gasteiger partial charge in [0.05, 0.1) is 13.0 Å². The summed E-state index contributed by atoms with van der Waals surface area (Å²) in [5.74, 6) is 0.723. The molecule has 2 saturated heterocycles. The first-order valence-electron chi connectivity index (χ1n) is 8.74. The van der Waals surface area contributed by atoms with Crippen LogP contribution in [0.2, 0.25) is 0 Å². The van der Waals surface area contributed by atoms with Crippen molar-refractivity contribution in [3.63, 3.8) is 0 Å². The molecule has 3 heterocycles. The van der Waals surface area contributed by atoms with Crippen molar-refractivity contribution in [2.24, 2.45) is 0 Å². The number of pyridine rings is 1. The third kappa shape index (κ3) is 4.52. The Balaban J connectivity index is 1.53. The van der Waals surface area contributed by atoms with E-state index >= 15 is 0 Å². The van der Waals surface area contributed by atoms with E-state index in [0.717, 1.165) is 31.1 Å². The number of ether oxygens (including phenoxy) is 1. The number of urea groups is 1. The van der Waals surface area contributed by atoms with Crippen LogP contribution in [0.25, 0.3) is 0 Å². The Hall–Kier alpha value is -2.51. The van der Waals surface area contributed by atoms with Crippen LogP contribution in [0.5, 0.6) is 5.75 Å². The van der Waals surface area contributed by atoms with Crippen molar-refractivity contribution >= 4 is 17.8 Å². The van der Waals surface area contributed by atoms with Crippen molar-refractivity contribution in [1.82, 2.24) is 15.2 Å². The van der Waals surface area contributed by atoms with Crippen molar-refractivity contribution in [2.75, 3.05) is 37.6 Å². The highest BCUT2D eigenvalue weighted by Gasteiger charge is 2.29. The molecule has 0 radical (unpaired) electrons. The molecule has 1 aromatic rings. The lowest BCUT2D eigenvalue weighted by atomic mass is 10.3. The van der Waals surface area contributed by atoms with Gasteiger partial charge in [-0.25, -0.2) is 9.78 Å². The van der Waals surface area contributed by atoms with Gasteiger partial charge in [-0.2, -0.15) is 0 Å². The lowest BCUT2D eigenvalue weighted by Crippen LogP contribution is -2.40. The summed E-state index contributed by atoms with van der Waals surface area (Å²) in [5, 5.41) is 11.2. The zero-order valence-electron chi connectivity index (χ0n) is 14.2. The number of carbonyl (C=O) groups excluding carboxylic acids is 1. The number of aromatic nitrogens is 1. The lowest BCUT2D eigenvalue weighted by Gasteiger charge is -2.22. The highest BCUT2D eigenvalue weighted by atomic mass is 16.5. The monoisotopic (exact) mass is 348 g/mol. The van der Waals surface area contributed by atoms with Gasteiger partial charge >= 0.3 is 12.0 Å². The predicted octanol–water partition coefficient (Wildman–Crippen LogP) is 1.32. The molecule has 0 aliphatic carbocycles. The molecule has 0 aromatic carbocycles. The van der Waals surface area contributed by atoms with Crippen LogP contribution in [0.4, 0.5) is 10.6 Å². The summed E-state index contributed by atoms with van der Waals surface area (Å²) in [6, 6.07) is 3.55. The molecule has 2 amide bonds. The molecule has 1 unspecified atom stereocenters. The summed E-state index contributed by atoms with van der Waals surface area (Å²) < 4.78 is 6.12. The molecule has 2 fully saturated rings. The van der Waals surface area contributed by atoms with Crippen LogP contribution in [0.15, 0.2) is 18.3 Å². The van der Waals surface area contributed by atoms with E-state index in [4.69, 9.17) is 9.84 Å². The van der Waals surface area contributed by atoms with Crippen LogP contribution in [0.3, 0.4) is 0 Å². The zero-order valence-corrected chi connectivity index (χ0v) is 14.2. The Morgan fingerprint density at radius 1 is 1.32 bits per heavy atom. The normalized spacial score (nSPS) is 19.9. The van der Waals surface area contributed by atoms with Crippen LogP contribution in [0, 0.1) is 0 Å². The molecule has 8 heteroatoms. The van der Waals surface area contributed by atoms with E-state index in [1.807, 2.05) is 12.1 Å². The van der Waals surface area contributed by atoms with Crippen molar-refractivity contribution in [2.45, 2.75) is 31.8 Å². The molecule has 25 heavy (non-hydrogen) atoms. The van der Waals surface area contributed by atoms with Gasteiger partial charge in [-0.1, -0.05) is 0 Å². The summed E-state index contributed by atoms with van der Waals surface area (Å²) in [4.78, 5) is 30.9. The largest absolute Gasteiger partial charge is 0.485 e. The number of likely N-dealkylation sites (tertiary alicyclic amines) is 1. The van der Waals surface area contributed by atoms with Crippen molar-refractivity contribution in [1.29, 1.82) is 0 Å². The van der Waals surface area contributed by atoms with Gasteiger partial charge in [0.2, 0.25) is 0 Å². The maximum absolute atomic E-state index is 12.0. The number of hydrogen-bond donors (Lipinski definition) is 2. The average molecular weight is 348 g/mol. The quantitative estimate of drug-likeness (QED) is 0.805. The van der Waals surface area contributed by atoms with Gasteiger partial charge in [-0.3, -0.25) is 4.79 Å². The summed E-state index contributed by atoms with van der Waals surface area (Å²) in [6.45, 7) is 3.22. The molecule has 3 rings (SSSR count). The molecular weight excluding hydrogens is 324 g/mol. The Bertz CT molecular complexity index is 618. The maximum Gasteiger partial charge on any atom is 0.317 e. The molecule has 2 N–H and O–H groups in total. The minimum absolute atomic E-state index is 0.0734. The number of carboxylic acids is 1. The number of amides is 2. The Labute approximate surface area is 146 Å². The van der Waals surface area contributed by atoms with Gasteiger partial charge < -0.3 is 25.0 Å². The molecule has 1 atom stereocenters. The second kappa shape index (κ2) is 8.04. The summed E-state index contributed by atoms with van der Waals surface area (Å²) in [7, 11) is 0. The molecule has 0 saturated carbocycles. The summed E-state index contributed by atoms with van der Waals surface area (Å²) >= 11 is 0. The fourth-order valence-corrected chi connectivity index (χ4v) is 3.22. The Kier molecular flexibility index (Phi) is 5.57. The fraction of sp³-hybridized carbons (Fsp3) is 0.588. The first-order valence-corrected chi connectivity index (χ1v) is 8.74. The molecule has 1 aromatic heterocycles. The molecule has 2 aliphatic rings. The molecule has 0 bridgehead atoms. The standard InChI is InChI=1S/C17H24N4O4/c22-15(23)5-8-19-17(24)21-11-6-13(12-21)25-14-4-3-7-18-16(14)20-9-1-2-10-20/h3-4,7,13H,1-2,5-6,8-12H2,(H,19,24)(H,22,23). The molecule has 0 spiro atoms. The van der Waals surface area contributed by atoms with E-state index in [1.165, 1.54) is 12.8 Å². The second-order valence-corrected chi connectivity index (χ2v) is 6.37. The van der Waals surface area contributed by atoms with Crippen molar-refractivity contribution < 1.29 is 19.4 Å². The number of carboxylic acid groups (broad SMARTS) is 1. The van der Waals surface area contributed by atoms with Gasteiger partial charge in [0.25, 0.3) is 0 Å². The van der Waals surface area contributed by atoms with Crippen molar-refractivity contribution in [3.05, 3.63) is 18.3 Å². The minimum Gasteiger partial charge on any atom is -0.485 e. The third-order valence-corrected chi connectivity index (χ3v) is 4.50. The van der Waals surface area contributed by atoms with Crippen LogP contribution in [0.1, 0.15) is 25.7 Å². The van der Waals surface area contributed by atoms with Gasteiger partial charge in [0.1, 0.15) is 6.10 Å². The average Bonchev–Trinajstić information content (AvgIpc) is 3.26. The van der Waals surface area contributed by atoms with E-state index in [9.17, 15) is 9.59 Å². The van der Waals surface area contributed by atoms with Gasteiger partial charge in [-0.05, 0) is 25.0 Å². The molecule has 8 nitrogen and oxygen atoms in total. The number of nitrogens with one attached hydrogen (secondary N) is 1. The zero-order chi connectivity index (χ0) is 17.6.